The lowest BCUT2D eigenvalue weighted by molar-refractivity contribution is -0.385. The van der Waals surface area contributed by atoms with E-state index >= 15 is 0 Å². The van der Waals surface area contributed by atoms with Gasteiger partial charge in [0.1, 0.15) is 5.75 Å². The van der Waals surface area contributed by atoms with Crippen LogP contribution in [0.4, 0.5) is 5.69 Å². The molecule has 0 atom stereocenters. The summed E-state index contributed by atoms with van der Waals surface area (Å²) in [6, 6.07) is 6.83. The van der Waals surface area contributed by atoms with Crippen LogP contribution in [0.1, 0.15) is 10.4 Å². The number of carboxylic acids is 1. The number of pyridine rings is 1. The first-order chi connectivity index (χ1) is 9.45. The van der Waals surface area contributed by atoms with E-state index < -0.39 is 10.9 Å². The Bertz CT molecular complexity index is 672. The van der Waals surface area contributed by atoms with Gasteiger partial charge in [0.05, 0.1) is 16.6 Å². The molecule has 1 heterocycles. The van der Waals surface area contributed by atoms with Gasteiger partial charge in [-0.05, 0) is 12.1 Å². The van der Waals surface area contributed by atoms with Crippen molar-refractivity contribution in [1.82, 2.24) is 4.98 Å². The number of ether oxygens (including phenoxy) is 1. The van der Waals surface area contributed by atoms with E-state index in [0.717, 1.165) is 6.20 Å². The average Bonchev–Trinajstić information content (AvgIpc) is 2.38. The monoisotopic (exact) mass is 338 g/mol. The molecule has 0 aliphatic rings. The number of nitro groups is 1. The Labute approximate surface area is 121 Å². The maximum Gasteiger partial charge on any atom is 0.337 e. The topological polar surface area (TPSA) is 103 Å². The van der Waals surface area contributed by atoms with Crippen LogP contribution in [0, 0.1) is 10.1 Å². The van der Waals surface area contributed by atoms with E-state index in [-0.39, 0.29) is 22.9 Å². The number of carbonyl (C=O) groups is 1. The number of aromatic nitrogens is 1. The van der Waals surface area contributed by atoms with E-state index in [0.29, 0.717) is 4.47 Å². The molecule has 0 radical (unpaired) electrons. The highest BCUT2D eigenvalue weighted by Crippen LogP contribution is 2.28. The van der Waals surface area contributed by atoms with Crippen molar-refractivity contribution in [2.75, 3.05) is 0 Å². The SMILES string of the molecule is O=C(O)c1ccc(Oc2cc(Br)cc([N+](=O)[O-])c2)nc1. The average molecular weight is 339 g/mol. The third kappa shape index (κ3) is 3.29. The molecule has 0 bridgehead atoms. The number of halogens is 1. The summed E-state index contributed by atoms with van der Waals surface area (Å²) < 4.78 is 5.84. The fraction of sp³-hybridized carbons (Fsp3) is 0. The molecule has 7 nitrogen and oxygen atoms in total. The molecule has 0 spiro atoms. The van der Waals surface area contributed by atoms with Crippen LogP contribution in [-0.4, -0.2) is 21.0 Å². The number of hydrogen-bond acceptors (Lipinski definition) is 5. The van der Waals surface area contributed by atoms with Gasteiger partial charge in [0.15, 0.2) is 0 Å². The molecule has 0 saturated heterocycles. The van der Waals surface area contributed by atoms with E-state index in [9.17, 15) is 14.9 Å². The Morgan fingerprint density at radius 3 is 2.65 bits per heavy atom. The van der Waals surface area contributed by atoms with E-state index in [2.05, 4.69) is 20.9 Å². The number of benzene rings is 1. The minimum Gasteiger partial charge on any atom is -0.478 e. The smallest absolute Gasteiger partial charge is 0.337 e. The summed E-state index contributed by atoms with van der Waals surface area (Å²) in [7, 11) is 0. The van der Waals surface area contributed by atoms with E-state index in [4.69, 9.17) is 9.84 Å². The summed E-state index contributed by atoms with van der Waals surface area (Å²) in [5, 5.41) is 19.5. The zero-order chi connectivity index (χ0) is 14.7. The summed E-state index contributed by atoms with van der Waals surface area (Å²) in [5.74, 6) is -0.730. The molecule has 8 heteroatoms. The maximum atomic E-state index is 10.7. The van der Waals surface area contributed by atoms with Gasteiger partial charge in [0.25, 0.3) is 5.69 Å². The van der Waals surface area contributed by atoms with E-state index in [1.165, 1.54) is 24.3 Å². The highest BCUT2D eigenvalue weighted by atomic mass is 79.9. The summed E-state index contributed by atoms with van der Waals surface area (Å²) >= 11 is 3.14. The van der Waals surface area contributed by atoms with Crippen LogP contribution in [0.3, 0.4) is 0 Å². The molecule has 102 valence electrons. The largest absolute Gasteiger partial charge is 0.478 e. The first-order valence-corrected chi connectivity index (χ1v) is 6.07. The second-order valence-electron chi connectivity index (χ2n) is 3.69. The first-order valence-electron chi connectivity index (χ1n) is 5.28. The van der Waals surface area contributed by atoms with E-state index in [1.807, 2.05) is 0 Å². The summed E-state index contributed by atoms with van der Waals surface area (Å²) in [6.07, 6.45) is 1.14. The summed E-state index contributed by atoms with van der Waals surface area (Å²) in [6.45, 7) is 0. The highest BCUT2D eigenvalue weighted by Gasteiger charge is 2.11. The molecule has 1 N–H and O–H groups in total. The lowest BCUT2D eigenvalue weighted by Gasteiger charge is -2.05. The predicted octanol–water partition coefficient (Wildman–Crippen LogP) is 3.24. The first kappa shape index (κ1) is 13.9. The van der Waals surface area contributed by atoms with Crippen molar-refractivity contribution in [2.24, 2.45) is 0 Å². The number of rotatable bonds is 4. The van der Waals surface area contributed by atoms with Gasteiger partial charge in [-0.25, -0.2) is 9.78 Å². The molecule has 1 aromatic carbocycles. The van der Waals surface area contributed by atoms with Gasteiger partial charge in [-0.3, -0.25) is 10.1 Å². The van der Waals surface area contributed by atoms with Crippen LogP contribution in [0.25, 0.3) is 0 Å². The van der Waals surface area contributed by atoms with Crippen molar-refractivity contribution in [2.45, 2.75) is 0 Å². The highest BCUT2D eigenvalue weighted by molar-refractivity contribution is 9.10. The van der Waals surface area contributed by atoms with Crippen molar-refractivity contribution < 1.29 is 19.6 Å². The Balaban J connectivity index is 2.25. The minimum atomic E-state index is -1.10. The molecule has 0 amide bonds. The van der Waals surface area contributed by atoms with Crippen molar-refractivity contribution in [3.63, 3.8) is 0 Å². The third-order valence-electron chi connectivity index (χ3n) is 2.27. The Kier molecular flexibility index (Phi) is 3.94. The van der Waals surface area contributed by atoms with Crippen LogP contribution in [-0.2, 0) is 0 Å². The number of nitro benzene ring substituents is 1. The Hall–Kier alpha value is -2.48. The molecule has 2 aromatic rings. The fourth-order valence-electron chi connectivity index (χ4n) is 1.40. The lowest BCUT2D eigenvalue weighted by atomic mass is 10.3. The predicted molar refractivity (Wildman–Crippen MR) is 72.1 cm³/mol. The van der Waals surface area contributed by atoms with Crippen LogP contribution in [0.15, 0.2) is 41.0 Å². The van der Waals surface area contributed by atoms with Crippen molar-refractivity contribution in [3.8, 4) is 11.6 Å². The molecular weight excluding hydrogens is 332 g/mol. The zero-order valence-corrected chi connectivity index (χ0v) is 11.4. The van der Waals surface area contributed by atoms with Crippen molar-refractivity contribution in [3.05, 3.63) is 56.7 Å². The quantitative estimate of drug-likeness (QED) is 0.678. The second kappa shape index (κ2) is 5.66. The molecule has 2 rings (SSSR count). The number of nitrogens with zero attached hydrogens (tertiary/aromatic N) is 2. The van der Waals surface area contributed by atoms with Gasteiger partial charge in [-0.2, -0.15) is 0 Å². The standard InChI is InChI=1S/C12H7BrN2O5/c13-8-3-9(15(18)19)5-10(4-8)20-11-2-1-7(6-14-11)12(16)17/h1-6H,(H,16,17). The van der Waals surface area contributed by atoms with Crippen LogP contribution < -0.4 is 4.74 Å². The Morgan fingerprint density at radius 1 is 1.35 bits per heavy atom. The van der Waals surface area contributed by atoms with Crippen molar-refractivity contribution >= 4 is 27.6 Å². The molecular formula is C12H7BrN2O5. The third-order valence-corrected chi connectivity index (χ3v) is 2.73. The lowest BCUT2D eigenvalue weighted by Crippen LogP contribution is -1.97. The molecule has 0 saturated carbocycles. The van der Waals surface area contributed by atoms with Crippen molar-refractivity contribution in [1.29, 1.82) is 0 Å². The molecule has 0 aliphatic carbocycles. The number of non-ortho nitro benzene ring substituents is 1. The number of carboxylic acid groups (broad SMARTS) is 1. The number of aromatic carboxylic acids is 1. The number of hydrogen-bond donors (Lipinski definition) is 1. The second-order valence-corrected chi connectivity index (χ2v) is 4.61. The van der Waals surface area contributed by atoms with Crippen LogP contribution in [0.2, 0.25) is 0 Å². The van der Waals surface area contributed by atoms with Gasteiger partial charge in [0.2, 0.25) is 5.88 Å². The molecule has 0 fully saturated rings. The maximum absolute atomic E-state index is 10.7. The normalized spacial score (nSPS) is 10.1. The molecule has 0 aliphatic heterocycles. The van der Waals surface area contributed by atoms with Crippen LogP contribution in [0.5, 0.6) is 11.6 Å². The van der Waals surface area contributed by atoms with Gasteiger partial charge < -0.3 is 9.84 Å². The summed E-state index contributed by atoms with van der Waals surface area (Å²) in [4.78, 5) is 24.7. The van der Waals surface area contributed by atoms with Gasteiger partial charge >= 0.3 is 5.97 Å². The minimum absolute atomic E-state index is 0.0255. The zero-order valence-electron chi connectivity index (χ0n) is 9.82. The summed E-state index contributed by atoms with van der Waals surface area (Å²) in [5.41, 5.74) is -0.103. The molecule has 20 heavy (non-hydrogen) atoms. The molecule has 1 aromatic heterocycles. The van der Waals surface area contributed by atoms with Gasteiger partial charge in [-0.1, -0.05) is 15.9 Å². The van der Waals surface area contributed by atoms with Gasteiger partial charge in [-0.15, -0.1) is 0 Å². The Morgan fingerprint density at radius 2 is 2.10 bits per heavy atom. The fourth-order valence-corrected chi connectivity index (χ4v) is 1.86. The van der Waals surface area contributed by atoms with Gasteiger partial charge in [0, 0.05) is 22.8 Å². The molecule has 0 unspecified atom stereocenters. The van der Waals surface area contributed by atoms with E-state index in [1.54, 1.807) is 6.07 Å². The van der Waals surface area contributed by atoms with Crippen LogP contribution >= 0.6 is 15.9 Å².